The maximum atomic E-state index is 12.6. The fourth-order valence-corrected chi connectivity index (χ4v) is 3.93. The van der Waals surface area contributed by atoms with Crippen LogP contribution in [0.1, 0.15) is 48.9 Å². The molecule has 2 heterocycles. The van der Waals surface area contributed by atoms with Crippen LogP contribution >= 0.6 is 0 Å². The Bertz CT molecular complexity index is 681. The van der Waals surface area contributed by atoms with Gasteiger partial charge < -0.3 is 5.32 Å². The Balaban J connectivity index is 1.35. The number of benzene rings is 1. The summed E-state index contributed by atoms with van der Waals surface area (Å²) >= 11 is 0. The summed E-state index contributed by atoms with van der Waals surface area (Å²) < 4.78 is 0. The lowest BCUT2D eigenvalue weighted by Gasteiger charge is -2.32. The number of amides is 1. The van der Waals surface area contributed by atoms with Gasteiger partial charge in [-0.05, 0) is 49.8 Å². The van der Waals surface area contributed by atoms with Gasteiger partial charge in [0.05, 0.1) is 12.6 Å². The van der Waals surface area contributed by atoms with Crippen LogP contribution in [0, 0.1) is 5.92 Å². The normalized spacial score (nSPS) is 22.5. The number of hydrogen-bond donors (Lipinski definition) is 2. The van der Waals surface area contributed by atoms with E-state index < -0.39 is 0 Å². The largest absolute Gasteiger partial charge is 0.348 e. The third kappa shape index (κ3) is 4.10. The van der Waals surface area contributed by atoms with Gasteiger partial charge in [-0.25, -0.2) is 0 Å². The van der Waals surface area contributed by atoms with Crippen LogP contribution in [0.3, 0.4) is 0 Å². The van der Waals surface area contributed by atoms with Crippen molar-refractivity contribution in [2.45, 2.75) is 37.6 Å². The zero-order chi connectivity index (χ0) is 17.1. The number of aromatic nitrogens is 2. The van der Waals surface area contributed by atoms with Crippen molar-refractivity contribution < 1.29 is 4.79 Å². The number of nitrogens with one attached hydrogen (secondary N) is 2. The van der Waals surface area contributed by atoms with E-state index in [1.807, 2.05) is 12.1 Å². The summed E-state index contributed by atoms with van der Waals surface area (Å²) in [6.45, 7) is 2.41. The number of hydrogen-bond acceptors (Lipinski definition) is 3. The highest BCUT2D eigenvalue weighted by molar-refractivity contribution is 5.78. The third-order valence-electron chi connectivity index (χ3n) is 5.40. The van der Waals surface area contributed by atoms with Crippen molar-refractivity contribution in [1.82, 2.24) is 20.4 Å². The van der Waals surface area contributed by atoms with Gasteiger partial charge in [0, 0.05) is 24.4 Å². The molecule has 2 N–H and O–H groups in total. The molecular weight excluding hydrogens is 312 g/mol. The lowest BCUT2D eigenvalue weighted by Crippen LogP contribution is -2.43. The lowest BCUT2D eigenvalue weighted by atomic mass is 9.95. The Morgan fingerprint density at radius 3 is 2.80 bits per heavy atom. The number of H-pyrrole nitrogens is 1. The molecule has 1 aliphatic carbocycles. The van der Waals surface area contributed by atoms with Crippen LogP contribution in [0.5, 0.6) is 0 Å². The van der Waals surface area contributed by atoms with Gasteiger partial charge in [0.1, 0.15) is 0 Å². The first-order valence-electron chi connectivity index (χ1n) is 9.35. The molecule has 4 rings (SSSR count). The average molecular weight is 338 g/mol. The summed E-state index contributed by atoms with van der Waals surface area (Å²) in [5.41, 5.74) is 2.41. The number of piperidine rings is 1. The minimum Gasteiger partial charge on any atom is -0.348 e. The van der Waals surface area contributed by atoms with E-state index in [-0.39, 0.29) is 11.9 Å². The van der Waals surface area contributed by atoms with Crippen LogP contribution in [0.4, 0.5) is 0 Å². The van der Waals surface area contributed by atoms with Gasteiger partial charge >= 0.3 is 0 Å². The van der Waals surface area contributed by atoms with Crippen molar-refractivity contribution >= 4 is 5.91 Å². The van der Waals surface area contributed by atoms with Gasteiger partial charge in [0.15, 0.2) is 0 Å². The molecule has 2 fully saturated rings. The van der Waals surface area contributed by atoms with Crippen LogP contribution in [0.25, 0.3) is 0 Å². The van der Waals surface area contributed by atoms with Crippen molar-refractivity contribution in [1.29, 1.82) is 0 Å². The average Bonchev–Trinajstić information content (AvgIpc) is 3.33. The molecule has 5 nitrogen and oxygen atoms in total. The van der Waals surface area contributed by atoms with Crippen LogP contribution in [-0.2, 0) is 4.79 Å². The summed E-state index contributed by atoms with van der Waals surface area (Å²) in [5, 5.41) is 10.4. The van der Waals surface area contributed by atoms with Crippen molar-refractivity contribution in [2.75, 3.05) is 19.6 Å². The Kier molecular flexibility index (Phi) is 4.83. The Morgan fingerprint density at radius 2 is 2.08 bits per heavy atom. The van der Waals surface area contributed by atoms with Gasteiger partial charge in [-0.15, -0.1) is 0 Å². The highest BCUT2D eigenvalue weighted by Gasteiger charge is 2.33. The number of likely N-dealkylation sites (tertiary alicyclic amines) is 1. The zero-order valence-electron chi connectivity index (χ0n) is 14.5. The summed E-state index contributed by atoms with van der Waals surface area (Å²) in [6, 6.07) is 12.6. The Hall–Kier alpha value is -2.14. The molecule has 0 radical (unpaired) electrons. The fraction of sp³-hybridized carbons (Fsp3) is 0.500. The molecule has 132 valence electrons. The van der Waals surface area contributed by atoms with E-state index in [4.69, 9.17) is 0 Å². The van der Waals surface area contributed by atoms with Gasteiger partial charge in [0.25, 0.3) is 0 Å². The number of rotatable bonds is 6. The minimum absolute atomic E-state index is 0.144. The highest BCUT2D eigenvalue weighted by atomic mass is 16.2. The first kappa shape index (κ1) is 16.3. The predicted octanol–water partition coefficient (Wildman–Crippen LogP) is 2.86. The maximum Gasteiger partial charge on any atom is 0.234 e. The molecule has 2 aromatic rings. The predicted molar refractivity (Wildman–Crippen MR) is 97.1 cm³/mol. The number of carbonyl (C=O) groups is 1. The molecule has 0 bridgehead atoms. The fourth-order valence-electron chi connectivity index (χ4n) is 3.93. The molecule has 0 unspecified atom stereocenters. The molecule has 2 aliphatic rings. The monoisotopic (exact) mass is 338 g/mol. The second kappa shape index (κ2) is 7.40. The van der Waals surface area contributed by atoms with Crippen molar-refractivity contribution in [3.8, 4) is 0 Å². The number of aromatic amines is 1. The Morgan fingerprint density at radius 1 is 1.24 bits per heavy atom. The molecule has 1 aliphatic heterocycles. The summed E-state index contributed by atoms with van der Waals surface area (Å²) in [7, 11) is 0. The first-order valence-corrected chi connectivity index (χ1v) is 9.35. The SMILES string of the molecule is O=C(CN1CCC[C@@H](c2ccn[nH]2)C1)N[C@@H](c1ccccc1)C1CC1. The molecule has 1 saturated carbocycles. The molecule has 1 aromatic heterocycles. The maximum absolute atomic E-state index is 12.6. The number of carbonyl (C=O) groups excluding carboxylic acids is 1. The van der Waals surface area contributed by atoms with E-state index in [9.17, 15) is 4.79 Å². The van der Waals surface area contributed by atoms with Crippen LogP contribution in [0.2, 0.25) is 0 Å². The second-order valence-corrected chi connectivity index (χ2v) is 7.38. The molecule has 1 aromatic carbocycles. The molecule has 1 amide bonds. The van der Waals surface area contributed by atoms with E-state index in [2.05, 4.69) is 44.7 Å². The quantitative estimate of drug-likeness (QED) is 0.851. The van der Waals surface area contributed by atoms with Crippen molar-refractivity contribution in [2.24, 2.45) is 5.92 Å². The van der Waals surface area contributed by atoms with E-state index in [0.29, 0.717) is 18.4 Å². The lowest BCUT2D eigenvalue weighted by molar-refractivity contribution is -0.123. The molecule has 5 heteroatoms. The summed E-state index contributed by atoms with van der Waals surface area (Å²) in [4.78, 5) is 14.9. The Labute approximate surface area is 148 Å². The van der Waals surface area contributed by atoms with E-state index >= 15 is 0 Å². The van der Waals surface area contributed by atoms with Crippen molar-refractivity contribution in [3.05, 3.63) is 53.9 Å². The smallest absolute Gasteiger partial charge is 0.234 e. The molecule has 1 saturated heterocycles. The van der Waals surface area contributed by atoms with Gasteiger partial charge in [0.2, 0.25) is 5.91 Å². The second-order valence-electron chi connectivity index (χ2n) is 7.38. The first-order chi connectivity index (χ1) is 12.3. The van der Waals surface area contributed by atoms with Gasteiger partial charge in [-0.2, -0.15) is 5.10 Å². The molecular formula is C20H26N4O. The number of nitrogens with zero attached hydrogens (tertiary/aromatic N) is 2. The summed E-state index contributed by atoms with van der Waals surface area (Å²) in [5.74, 6) is 1.20. The highest BCUT2D eigenvalue weighted by Crippen LogP contribution is 2.40. The zero-order valence-corrected chi connectivity index (χ0v) is 14.5. The van der Waals surface area contributed by atoms with Crippen LogP contribution in [-0.4, -0.2) is 40.6 Å². The van der Waals surface area contributed by atoms with Crippen LogP contribution < -0.4 is 5.32 Å². The van der Waals surface area contributed by atoms with Gasteiger partial charge in [-0.3, -0.25) is 14.8 Å². The third-order valence-corrected chi connectivity index (χ3v) is 5.40. The molecule has 2 atom stereocenters. The van der Waals surface area contributed by atoms with E-state index in [1.165, 1.54) is 24.1 Å². The van der Waals surface area contributed by atoms with E-state index in [1.54, 1.807) is 6.20 Å². The minimum atomic E-state index is 0.144. The van der Waals surface area contributed by atoms with E-state index in [0.717, 1.165) is 25.9 Å². The van der Waals surface area contributed by atoms with Crippen molar-refractivity contribution in [3.63, 3.8) is 0 Å². The van der Waals surface area contributed by atoms with Crippen LogP contribution in [0.15, 0.2) is 42.6 Å². The molecule has 25 heavy (non-hydrogen) atoms. The van der Waals surface area contributed by atoms with Gasteiger partial charge in [-0.1, -0.05) is 30.3 Å². The topological polar surface area (TPSA) is 61.0 Å². The summed E-state index contributed by atoms with van der Waals surface area (Å²) in [6.07, 6.45) is 6.52. The standard InChI is InChI=1S/C20H26N4O/c25-19(22-20(16-8-9-16)15-5-2-1-3-6-15)14-24-12-4-7-17(13-24)18-10-11-21-23-18/h1-3,5-6,10-11,16-17,20H,4,7-9,12-14H2,(H,21,23)(H,22,25)/t17-,20+/m1/s1. The molecule has 0 spiro atoms.